The maximum atomic E-state index is 12.1. The Kier molecular flexibility index (Phi) is 6.34. The Labute approximate surface area is 151 Å². The SMILES string of the molecule is COc1ccc(CNC(=O)/C(C#N)=C\Nc2ccc(C(N)=O)cc2)cc1. The number of methoxy groups -OCH3 is 1. The molecule has 0 aliphatic heterocycles. The standard InChI is InChI=1S/C19H18N4O3/c1-26-17-8-2-13(3-9-17)11-23-19(25)15(10-20)12-22-16-6-4-14(5-7-16)18(21)24/h2-9,12,22H,11H2,1H3,(H2,21,24)(H,23,25)/b15-12-. The highest BCUT2D eigenvalue weighted by atomic mass is 16.5. The molecule has 0 radical (unpaired) electrons. The first-order valence-electron chi connectivity index (χ1n) is 7.71. The molecule has 2 aromatic carbocycles. The Balaban J connectivity index is 1.95. The molecule has 26 heavy (non-hydrogen) atoms. The fourth-order valence-electron chi connectivity index (χ4n) is 2.06. The maximum Gasteiger partial charge on any atom is 0.263 e. The highest BCUT2D eigenvalue weighted by molar-refractivity contribution is 5.97. The van der Waals surface area contributed by atoms with Crippen molar-refractivity contribution in [3.8, 4) is 11.8 Å². The molecule has 0 aromatic heterocycles. The molecule has 0 spiro atoms. The lowest BCUT2D eigenvalue weighted by molar-refractivity contribution is -0.117. The second-order valence-electron chi connectivity index (χ2n) is 5.29. The average Bonchev–Trinajstić information content (AvgIpc) is 2.67. The van der Waals surface area contributed by atoms with Gasteiger partial charge in [0.25, 0.3) is 5.91 Å². The van der Waals surface area contributed by atoms with Gasteiger partial charge in [-0.3, -0.25) is 9.59 Å². The van der Waals surface area contributed by atoms with Gasteiger partial charge in [-0.1, -0.05) is 12.1 Å². The van der Waals surface area contributed by atoms with Crippen LogP contribution in [0.4, 0.5) is 5.69 Å². The van der Waals surface area contributed by atoms with Crippen LogP contribution in [0.15, 0.2) is 60.3 Å². The van der Waals surface area contributed by atoms with Gasteiger partial charge >= 0.3 is 0 Å². The van der Waals surface area contributed by atoms with Crippen LogP contribution in [0.1, 0.15) is 15.9 Å². The van der Waals surface area contributed by atoms with Crippen LogP contribution in [0.5, 0.6) is 5.75 Å². The molecule has 7 nitrogen and oxygen atoms in total. The molecule has 2 rings (SSSR count). The van der Waals surface area contributed by atoms with Crippen LogP contribution in [0.3, 0.4) is 0 Å². The smallest absolute Gasteiger partial charge is 0.263 e. The normalized spacial score (nSPS) is 10.5. The van der Waals surface area contributed by atoms with Crippen LogP contribution in [0.2, 0.25) is 0 Å². The average molecular weight is 350 g/mol. The molecule has 0 bridgehead atoms. The third-order valence-corrected chi connectivity index (χ3v) is 3.53. The first kappa shape index (κ1) is 18.5. The number of carbonyl (C=O) groups is 2. The number of primary amides is 1. The van der Waals surface area contributed by atoms with Crippen molar-refractivity contribution in [1.29, 1.82) is 5.26 Å². The first-order valence-corrected chi connectivity index (χ1v) is 7.71. The van der Waals surface area contributed by atoms with Crippen molar-refractivity contribution in [2.45, 2.75) is 6.54 Å². The van der Waals surface area contributed by atoms with E-state index in [-0.39, 0.29) is 12.1 Å². The van der Waals surface area contributed by atoms with Crippen molar-refractivity contribution < 1.29 is 14.3 Å². The number of hydrogen-bond acceptors (Lipinski definition) is 5. The van der Waals surface area contributed by atoms with E-state index in [1.165, 1.54) is 6.20 Å². The van der Waals surface area contributed by atoms with Gasteiger partial charge in [-0.2, -0.15) is 5.26 Å². The van der Waals surface area contributed by atoms with Crippen molar-refractivity contribution >= 4 is 17.5 Å². The lowest BCUT2D eigenvalue weighted by Crippen LogP contribution is -2.24. The second kappa shape index (κ2) is 8.89. The van der Waals surface area contributed by atoms with Crippen LogP contribution < -0.4 is 21.1 Å². The number of anilines is 1. The lowest BCUT2D eigenvalue weighted by atomic mass is 10.2. The third kappa shape index (κ3) is 5.11. The predicted octanol–water partition coefficient (Wildman–Crippen LogP) is 1.93. The molecular formula is C19H18N4O3. The number of amides is 2. The van der Waals surface area contributed by atoms with Crippen LogP contribution in [-0.4, -0.2) is 18.9 Å². The van der Waals surface area contributed by atoms with Crippen molar-refractivity contribution in [3.05, 3.63) is 71.4 Å². The number of hydrogen-bond donors (Lipinski definition) is 3. The summed E-state index contributed by atoms with van der Waals surface area (Å²) in [7, 11) is 1.58. The van der Waals surface area contributed by atoms with Gasteiger partial charge in [0.05, 0.1) is 7.11 Å². The van der Waals surface area contributed by atoms with E-state index in [1.54, 1.807) is 43.5 Å². The molecule has 0 heterocycles. The number of nitriles is 1. The molecule has 0 aliphatic carbocycles. The molecule has 0 atom stereocenters. The summed E-state index contributed by atoms with van der Waals surface area (Å²) in [6.45, 7) is 0.287. The van der Waals surface area contributed by atoms with Gasteiger partial charge in [-0.05, 0) is 42.0 Å². The number of nitrogens with two attached hydrogens (primary N) is 1. The molecule has 0 saturated heterocycles. The van der Waals surface area contributed by atoms with Crippen LogP contribution in [0, 0.1) is 11.3 Å². The van der Waals surface area contributed by atoms with Crippen molar-refractivity contribution in [3.63, 3.8) is 0 Å². The van der Waals surface area contributed by atoms with Gasteiger partial charge in [0.15, 0.2) is 0 Å². The van der Waals surface area contributed by atoms with E-state index in [2.05, 4.69) is 10.6 Å². The minimum atomic E-state index is -0.525. The molecule has 7 heteroatoms. The van der Waals surface area contributed by atoms with Crippen molar-refractivity contribution in [1.82, 2.24) is 5.32 Å². The highest BCUT2D eigenvalue weighted by Crippen LogP contribution is 2.12. The number of nitrogens with zero attached hydrogens (tertiary/aromatic N) is 1. The predicted molar refractivity (Wildman–Crippen MR) is 97.1 cm³/mol. The van der Waals surface area contributed by atoms with Gasteiger partial charge in [-0.25, -0.2) is 0 Å². The molecule has 0 saturated carbocycles. The number of carbonyl (C=O) groups excluding carboxylic acids is 2. The zero-order chi connectivity index (χ0) is 18.9. The molecule has 132 valence electrons. The summed E-state index contributed by atoms with van der Waals surface area (Å²) in [5.74, 6) is -0.295. The van der Waals surface area contributed by atoms with E-state index in [0.717, 1.165) is 11.3 Å². The Bertz CT molecular complexity index is 850. The number of ether oxygens (including phenoxy) is 1. The minimum Gasteiger partial charge on any atom is -0.497 e. The molecule has 0 fully saturated rings. The summed E-state index contributed by atoms with van der Waals surface area (Å²) >= 11 is 0. The van der Waals surface area contributed by atoms with Gasteiger partial charge in [0.1, 0.15) is 17.4 Å². The zero-order valence-electron chi connectivity index (χ0n) is 14.2. The first-order chi connectivity index (χ1) is 12.5. The Morgan fingerprint density at radius 3 is 2.35 bits per heavy atom. The monoisotopic (exact) mass is 350 g/mol. The van der Waals surface area contributed by atoms with E-state index in [4.69, 9.17) is 15.7 Å². The molecule has 2 amide bonds. The summed E-state index contributed by atoms with van der Waals surface area (Å²) in [6.07, 6.45) is 1.31. The zero-order valence-corrected chi connectivity index (χ0v) is 14.2. The Hall–Kier alpha value is -3.79. The van der Waals surface area contributed by atoms with Gasteiger partial charge in [0, 0.05) is 24.0 Å². The third-order valence-electron chi connectivity index (χ3n) is 3.53. The number of nitrogens with one attached hydrogen (secondary N) is 2. The topological polar surface area (TPSA) is 117 Å². The molecule has 4 N–H and O–H groups in total. The molecule has 0 unspecified atom stereocenters. The maximum absolute atomic E-state index is 12.1. The number of rotatable bonds is 7. The molecular weight excluding hydrogens is 332 g/mol. The largest absolute Gasteiger partial charge is 0.497 e. The summed E-state index contributed by atoms with van der Waals surface area (Å²) in [6, 6.07) is 15.4. The van der Waals surface area contributed by atoms with Crippen molar-refractivity contribution in [2.24, 2.45) is 5.73 Å². The van der Waals surface area contributed by atoms with E-state index in [9.17, 15) is 9.59 Å². The van der Waals surface area contributed by atoms with E-state index >= 15 is 0 Å². The number of benzene rings is 2. The lowest BCUT2D eigenvalue weighted by Gasteiger charge is -2.06. The summed E-state index contributed by atoms with van der Waals surface area (Å²) in [5.41, 5.74) is 6.97. The van der Waals surface area contributed by atoms with Crippen LogP contribution in [-0.2, 0) is 11.3 Å². The fourth-order valence-corrected chi connectivity index (χ4v) is 2.06. The molecule has 0 aliphatic rings. The van der Waals surface area contributed by atoms with Gasteiger partial charge in [-0.15, -0.1) is 0 Å². The summed E-state index contributed by atoms with van der Waals surface area (Å²) in [5, 5.41) is 14.7. The Morgan fingerprint density at radius 2 is 1.81 bits per heavy atom. The van der Waals surface area contributed by atoms with Gasteiger partial charge in [0.2, 0.25) is 5.91 Å². The van der Waals surface area contributed by atoms with E-state index < -0.39 is 11.8 Å². The summed E-state index contributed by atoms with van der Waals surface area (Å²) < 4.78 is 5.07. The quantitative estimate of drug-likeness (QED) is 0.521. The Morgan fingerprint density at radius 1 is 1.15 bits per heavy atom. The van der Waals surface area contributed by atoms with Gasteiger partial charge < -0.3 is 21.1 Å². The van der Waals surface area contributed by atoms with Crippen molar-refractivity contribution in [2.75, 3.05) is 12.4 Å². The second-order valence-corrected chi connectivity index (χ2v) is 5.29. The van der Waals surface area contributed by atoms with E-state index in [0.29, 0.717) is 11.3 Å². The summed E-state index contributed by atoms with van der Waals surface area (Å²) in [4.78, 5) is 23.1. The van der Waals surface area contributed by atoms with Crippen LogP contribution in [0.25, 0.3) is 0 Å². The van der Waals surface area contributed by atoms with Crippen LogP contribution >= 0.6 is 0 Å². The fraction of sp³-hybridized carbons (Fsp3) is 0.105. The highest BCUT2D eigenvalue weighted by Gasteiger charge is 2.08. The minimum absolute atomic E-state index is 0.0718. The molecule has 2 aromatic rings. The van der Waals surface area contributed by atoms with E-state index in [1.807, 2.05) is 18.2 Å².